The Morgan fingerprint density at radius 3 is 2.19 bits per heavy atom. The topological polar surface area (TPSA) is 20.3 Å². The quantitative estimate of drug-likeness (QED) is 0.321. The zero-order chi connectivity index (χ0) is 25.1. The molecule has 1 fully saturated rings. The predicted octanol–water partition coefficient (Wildman–Crippen LogP) is 8.02. The summed E-state index contributed by atoms with van der Waals surface area (Å²) in [7, 11) is 0. The zero-order valence-electron chi connectivity index (χ0n) is 22.0. The number of hydrogen-bond acceptors (Lipinski definition) is 2. The Labute approximate surface area is 217 Å². The Morgan fingerprint density at radius 1 is 0.861 bits per heavy atom. The van der Waals surface area contributed by atoms with E-state index in [4.69, 9.17) is 0 Å². The average Bonchev–Trinajstić information content (AvgIpc) is 3.36. The first-order valence-electron chi connectivity index (χ1n) is 13.7. The molecular formula is C34H39NO. The van der Waals surface area contributed by atoms with Gasteiger partial charge < -0.3 is 4.90 Å². The van der Waals surface area contributed by atoms with E-state index in [-0.39, 0.29) is 11.7 Å². The molecular weight excluding hydrogens is 438 g/mol. The van der Waals surface area contributed by atoms with Gasteiger partial charge in [0.15, 0.2) is 5.78 Å². The molecule has 3 atom stereocenters. The summed E-state index contributed by atoms with van der Waals surface area (Å²) in [6.07, 6.45) is 8.50. The second kappa shape index (κ2) is 10.9. The highest BCUT2D eigenvalue weighted by Crippen LogP contribution is 2.38. The van der Waals surface area contributed by atoms with Gasteiger partial charge in [-0.15, -0.1) is 0 Å². The molecule has 1 aliphatic heterocycles. The molecule has 1 heterocycles. The lowest BCUT2D eigenvalue weighted by atomic mass is 9.85. The molecule has 0 radical (unpaired) electrons. The van der Waals surface area contributed by atoms with Gasteiger partial charge in [-0.25, -0.2) is 0 Å². The first-order chi connectivity index (χ1) is 17.5. The Hall–Kier alpha value is -3.13. The minimum Gasteiger partial charge on any atom is -0.372 e. The summed E-state index contributed by atoms with van der Waals surface area (Å²) in [6.45, 7) is 9.05. The number of ketones is 1. The van der Waals surface area contributed by atoms with Crippen molar-refractivity contribution in [2.24, 2.45) is 11.8 Å². The van der Waals surface area contributed by atoms with Crippen LogP contribution in [0.5, 0.6) is 0 Å². The van der Waals surface area contributed by atoms with Gasteiger partial charge in [-0.3, -0.25) is 4.79 Å². The number of hydrogen-bond donors (Lipinski definition) is 0. The molecule has 1 aliphatic carbocycles. The number of nitrogens with zero attached hydrogens (tertiary/aromatic N) is 1. The molecule has 0 saturated carbocycles. The molecule has 2 nitrogen and oxygen atoms in total. The molecule has 0 aromatic heterocycles. The van der Waals surface area contributed by atoms with E-state index in [0.29, 0.717) is 11.8 Å². The molecule has 36 heavy (non-hydrogen) atoms. The van der Waals surface area contributed by atoms with Gasteiger partial charge in [0, 0.05) is 30.6 Å². The Morgan fingerprint density at radius 2 is 1.50 bits per heavy atom. The number of fused-ring (bicyclic) bond motifs is 1. The SMILES string of the molecule is CC1CCN(c2ccc(C(C)c3ccc(/C=C\C(=O)C(C)C4CCc5ccccc54)cc3)cc2)CC1. The summed E-state index contributed by atoms with van der Waals surface area (Å²) in [5, 5.41) is 0. The molecule has 0 amide bonds. The van der Waals surface area contributed by atoms with Crippen LogP contribution in [0.3, 0.4) is 0 Å². The van der Waals surface area contributed by atoms with Crippen LogP contribution in [0.1, 0.15) is 79.7 Å². The molecule has 1 saturated heterocycles. The highest BCUT2D eigenvalue weighted by molar-refractivity contribution is 5.95. The van der Waals surface area contributed by atoms with Gasteiger partial charge in [-0.2, -0.15) is 0 Å². The fourth-order valence-electron chi connectivity index (χ4n) is 5.97. The van der Waals surface area contributed by atoms with Gasteiger partial charge in [0.05, 0.1) is 0 Å². The standard InChI is InChI=1S/C34H39NO/c1-24-20-22-35(23-21-24)31-16-13-29(14-17-31)25(2)28-11-8-27(9-12-28)10-19-34(36)26(3)32-18-15-30-6-4-5-7-33(30)32/h4-14,16-17,19,24-26,32H,15,18,20-23H2,1-3H3/b19-10-. The van der Waals surface area contributed by atoms with Crippen molar-refractivity contribution in [2.45, 2.75) is 58.3 Å². The van der Waals surface area contributed by atoms with Crippen LogP contribution in [0.2, 0.25) is 0 Å². The van der Waals surface area contributed by atoms with E-state index in [2.05, 4.69) is 98.5 Å². The number of benzene rings is 3. The third kappa shape index (κ3) is 5.33. The highest BCUT2D eigenvalue weighted by atomic mass is 16.1. The normalized spacial score (nSPS) is 19.9. The number of allylic oxidation sites excluding steroid dienone is 1. The molecule has 5 rings (SSSR count). The van der Waals surface area contributed by atoms with Crippen LogP contribution in [0.15, 0.2) is 78.9 Å². The van der Waals surface area contributed by atoms with Crippen LogP contribution >= 0.6 is 0 Å². The van der Waals surface area contributed by atoms with Crippen molar-refractivity contribution >= 4 is 17.5 Å². The molecule has 2 heteroatoms. The monoisotopic (exact) mass is 477 g/mol. The summed E-state index contributed by atoms with van der Waals surface area (Å²) in [4.78, 5) is 15.5. The molecule has 3 unspecified atom stereocenters. The van der Waals surface area contributed by atoms with Crippen molar-refractivity contribution < 1.29 is 4.79 Å². The van der Waals surface area contributed by atoms with Crippen LogP contribution in [0.4, 0.5) is 5.69 Å². The highest BCUT2D eigenvalue weighted by Gasteiger charge is 2.29. The largest absolute Gasteiger partial charge is 0.372 e. The average molecular weight is 478 g/mol. The maximum absolute atomic E-state index is 12.9. The van der Waals surface area contributed by atoms with Gasteiger partial charge in [0.1, 0.15) is 0 Å². The maximum atomic E-state index is 12.9. The number of piperidine rings is 1. The minimum atomic E-state index is 0.0144. The third-order valence-electron chi connectivity index (χ3n) is 8.65. The molecule has 186 valence electrons. The predicted molar refractivity (Wildman–Crippen MR) is 152 cm³/mol. The molecule has 3 aromatic rings. The molecule has 3 aromatic carbocycles. The first kappa shape index (κ1) is 24.6. The van der Waals surface area contributed by atoms with E-state index in [9.17, 15) is 4.79 Å². The summed E-state index contributed by atoms with van der Waals surface area (Å²) < 4.78 is 0. The number of anilines is 1. The Balaban J connectivity index is 1.19. The van der Waals surface area contributed by atoms with Crippen LogP contribution in [-0.4, -0.2) is 18.9 Å². The van der Waals surface area contributed by atoms with Crippen molar-refractivity contribution in [3.05, 3.63) is 107 Å². The fraction of sp³-hybridized carbons (Fsp3) is 0.382. The van der Waals surface area contributed by atoms with Gasteiger partial charge in [0.25, 0.3) is 0 Å². The molecule has 2 aliphatic rings. The van der Waals surface area contributed by atoms with E-state index in [1.165, 1.54) is 53.9 Å². The maximum Gasteiger partial charge on any atom is 0.159 e. The van der Waals surface area contributed by atoms with E-state index < -0.39 is 0 Å². The van der Waals surface area contributed by atoms with Gasteiger partial charge in [-0.05, 0) is 83.5 Å². The minimum absolute atomic E-state index is 0.0144. The zero-order valence-corrected chi connectivity index (χ0v) is 22.0. The lowest BCUT2D eigenvalue weighted by molar-refractivity contribution is -0.118. The second-order valence-electron chi connectivity index (χ2n) is 11.0. The van der Waals surface area contributed by atoms with Crippen LogP contribution < -0.4 is 4.90 Å². The number of carbonyl (C=O) groups excluding carboxylic acids is 1. The van der Waals surface area contributed by atoms with Gasteiger partial charge >= 0.3 is 0 Å². The van der Waals surface area contributed by atoms with E-state index in [1.807, 2.05) is 6.08 Å². The smallest absolute Gasteiger partial charge is 0.159 e. The van der Waals surface area contributed by atoms with Crippen molar-refractivity contribution in [3.63, 3.8) is 0 Å². The molecule has 0 bridgehead atoms. The van der Waals surface area contributed by atoms with Crippen LogP contribution in [0.25, 0.3) is 6.08 Å². The lowest BCUT2D eigenvalue weighted by Gasteiger charge is -2.32. The summed E-state index contributed by atoms with van der Waals surface area (Å²) >= 11 is 0. The lowest BCUT2D eigenvalue weighted by Crippen LogP contribution is -2.32. The van der Waals surface area contributed by atoms with Crippen LogP contribution in [-0.2, 0) is 11.2 Å². The van der Waals surface area contributed by atoms with Gasteiger partial charge in [-0.1, -0.05) is 87.5 Å². The van der Waals surface area contributed by atoms with Crippen molar-refractivity contribution in [1.29, 1.82) is 0 Å². The Kier molecular flexibility index (Phi) is 7.41. The second-order valence-corrected chi connectivity index (χ2v) is 11.0. The fourth-order valence-corrected chi connectivity index (χ4v) is 5.97. The van der Waals surface area contributed by atoms with E-state index in [0.717, 1.165) is 24.3 Å². The van der Waals surface area contributed by atoms with Gasteiger partial charge in [0.2, 0.25) is 0 Å². The van der Waals surface area contributed by atoms with E-state index in [1.54, 1.807) is 6.08 Å². The summed E-state index contributed by atoms with van der Waals surface area (Å²) in [6, 6.07) is 26.4. The Bertz CT molecular complexity index is 1200. The van der Waals surface area contributed by atoms with Crippen molar-refractivity contribution in [1.82, 2.24) is 0 Å². The first-order valence-corrected chi connectivity index (χ1v) is 13.7. The third-order valence-corrected chi connectivity index (χ3v) is 8.65. The molecule has 0 spiro atoms. The number of carbonyl (C=O) groups is 1. The van der Waals surface area contributed by atoms with E-state index >= 15 is 0 Å². The van der Waals surface area contributed by atoms with Crippen LogP contribution in [0, 0.1) is 11.8 Å². The van der Waals surface area contributed by atoms with Crippen molar-refractivity contribution in [3.8, 4) is 0 Å². The summed E-state index contributed by atoms with van der Waals surface area (Å²) in [5.41, 5.74) is 7.84. The summed E-state index contributed by atoms with van der Waals surface area (Å²) in [5.74, 6) is 1.76. The van der Waals surface area contributed by atoms with Crippen molar-refractivity contribution in [2.75, 3.05) is 18.0 Å². The molecule has 0 N–H and O–H groups in total. The number of aryl methyl sites for hydroxylation is 1. The number of rotatable bonds is 7.